The standard InChI is InChI=1S/C8H12N2.HI/c1-3-7-5-9-8(4-2)10-6-7;/h5-6H,3-4H2,1-2H3;1H. The third-order valence-corrected chi connectivity index (χ3v) is 1.48. The minimum atomic E-state index is 0. The lowest BCUT2D eigenvalue weighted by Crippen LogP contribution is -1.93. The summed E-state index contributed by atoms with van der Waals surface area (Å²) in [6.45, 7) is 4.16. The van der Waals surface area contributed by atoms with Crippen LogP contribution in [0.25, 0.3) is 0 Å². The van der Waals surface area contributed by atoms with Gasteiger partial charge in [0, 0.05) is 18.8 Å². The zero-order chi connectivity index (χ0) is 7.40. The summed E-state index contributed by atoms with van der Waals surface area (Å²) in [5, 5.41) is 0. The van der Waals surface area contributed by atoms with E-state index in [9.17, 15) is 0 Å². The topological polar surface area (TPSA) is 25.8 Å². The van der Waals surface area contributed by atoms with Crippen molar-refractivity contribution >= 4 is 24.0 Å². The molecule has 2 nitrogen and oxygen atoms in total. The van der Waals surface area contributed by atoms with Crippen LogP contribution in [0.4, 0.5) is 0 Å². The Labute approximate surface area is 84.5 Å². The van der Waals surface area contributed by atoms with E-state index in [2.05, 4.69) is 23.8 Å². The van der Waals surface area contributed by atoms with E-state index in [1.165, 1.54) is 5.56 Å². The number of aryl methyl sites for hydroxylation is 2. The van der Waals surface area contributed by atoms with Crippen molar-refractivity contribution in [3.63, 3.8) is 0 Å². The molecule has 11 heavy (non-hydrogen) atoms. The fourth-order valence-corrected chi connectivity index (χ4v) is 0.747. The molecule has 0 saturated heterocycles. The molecule has 1 rings (SSSR count). The van der Waals surface area contributed by atoms with Crippen LogP contribution in [-0.2, 0) is 12.8 Å². The van der Waals surface area contributed by atoms with E-state index in [4.69, 9.17) is 0 Å². The van der Waals surface area contributed by atoms with E-state index < -0.39 is 0 Å². The molecule has 0 unspecified atom stereocenters. The van der Waals surface area contributed by atoms with Crippen molar-refractivity contribution in [2.75, 3.05) is 0 Å². The van der Waals surface area contributed by atoms with Gasteiger partial charge in [-0.2, -0.15) is 0 Å². The van der Waals surface area contributed by atoms with Crippen molar-refractivity contribution < 1.29 is 0 Å². The smallest absolute Gasteiger partial charge is 0.127 e. The van der Waals surface area contributed by atoms with E-state index >= 15 is 0 Å². The molecule has 0 aliphatic carbocycles. The maximum Gasteiger partial charge on any atom is 0.127 e. The van der Waals surface area contributed by atoms with E-state index in [1.54, 1.807) is 0 Å². The highest BCUT2D eigenvalue weighted by atomic mass is 127. The first-order valence-corrected chi connectivity index (χ1v) is 3.66. The predicted molar refractivity (Wildman–Crippen MR) is 56.2 cm³/mol. The zero-order valence-corrected chi connectivity index (χ0v) is 9.20. The summed E-state index contributed by atoms with van der Waals surface area (Å²) in [5.74, 6) is 0.928. The second-order valence-electron chi connectivity index (χ2n) is 2.21. The van der Waals surface area contributed by atoms with Gasteiger partial charge >= 0.3 is 0 Å². The molecule has 1 heterocycles. The normalized spacial score (nSPS) is 8.91. The molecule has 62 valence electrons. The highest BCUT2D eigenvalue weighted by Gasteiger charge is 1.91. The molecule has 3 heteroatoms. The quantitative estimate of drug-likeness (QED) is 0.765. The zero-order valence-electron chi connectivity index (χ0n) is 6.87. The van der Waals surface area contributed by atoms with Crippen molar-refractivity contribution in [2.24, 2.45) is 0 Å². The lowest BCUT2D eigenvalue weighted by atomic mass is 10.3. The Morgan fingerprint density at radius 1 is 1.09 bits per heavy atom. The molecule has 0 aliphatic rings. The van der Waals surface area contributed by atoms with Crippen molar-refractivity contribution in [3.8, 4) is 0 Å². The Bertz CT molecular complexity index is 173. The van der Waals surface area contributed by atoms with Gasteiger partial charge in [-0.15, -0.1) is 24.0 Å². The lowest BCUT2D eigenvalue weighted by Gasteiger charge is -1.95. The molecule has 0 saturated carbocycles. The Kier molecular flexibility index (Phi) is 5.36. The molecule has 0 aliphatic heterocycles. The third-order valence-electron chi connectivity index (χ3n) is 1.48. The van der Waals surface area contributed by atoms with Crippen molar-refractivity contribution in [2.45, 2.75) is 26.7 Å². The molecule has 0 spiro atoms. The van der Waals surface area contributed by atoms with Gasteiger partial charge in [-0.25, -0.2) is 9.97 Å². The van der Waals surface area contributed by atoms with Crippen LogP contribution in [0.3, 0.4) is 0 Å². The fourth-order valence-electron chi connectivity index (χ4n) is 0.747. The second-order valence-corrected chi connectivity index (χ2v) is 2.21. The van der Waals surface area contributed by atoms with Gasteiger partial charge in [-0.1, -0.05) is 13.8 Å². The fraction of sp³-hybridized carbons (Fsp3) is 0.500. The Morgan fingerprint density at radius 3 is 2.00 bits per heavy atom. The number of aromatic nitrogens is 2. The number of hydrogen-bond acceptors (Lipinski definition) is 2. The van der Waals surface area contributed by atoms with Gasteiger partial charge in [-0.05, 0) is 12.0 Å². The highest BCUT2D eigenvalue weighted by molar-refractivity contribution is 14.0. The van der Waals surface area contributed by atoms with Crippen molar-refractivity contribution in [1.82, 2.24) is 9.97 Å². The Hall–Kier alpha value is -0.190. The van der Waals surface area contributed by atoms with Crippen LogP contribution in [0.5, 0.6) is 0 Å². The maximum atomic E-state index is 4.16. The highest BCUT2D eigenvalue weighted by Crippen LogP contribution is 1.96. The molecule has 0 fully saturated rings. The van der Waals surface area contributed by atoms with Crippen LogP contribution in [0.1, 0.15) is 25.2 Å². The number of nitrogens with zero attached hydrogens (tertiary/aromatic N) is 2. The van der Waals surface area contributed by atoms with Crippen LogP contribution in [0.2, 0.25) is 0 Å². The summed E-state index contributed by atoms with van der Waals surface area (Å²) in [6.07, 6.45) is 5.73. The summed E-state index contributed by atoms with van der Waals surface area (Å²) >= 11 is 0. The largest absolute Gasteiger partial charge is 0.241 e. The molecule has 0 bridgehead atoms. The average molecular weight is 264 g/mol. The van der Waals surface area contributed by atoms with Crippen LogP contribution in [0.15, 0.2) is 12.4 Å². The van der Waals surface area contributed by atoms with Crippen LogP contribution < -0.4 is 0 Å². The third kappa shape index (κ3) is 3.14. The molecular weight excluding hydrogens is 251 g/mol. The predicted octanol–water partition coefficient (Wildman–Crippen LogP) is 2.22. The van der Waals surface area contributed by atoms with E-state index in [0.717, 1.165) is 18.7 Å². The maximum absolute atomic E-state index is 4.16. The van der Waals surface area contributed by atoms with Gasteiger partial charge in [0.1, 0.15) is 5.82 Å². The Balaban J connectivity index is 0.000001000. The lowest BCUT2D eigenvalue weighted by molar-refractivity contribution is 0.913. The SMILES string of the molecule is CCc1cnc(CC)nc1.I. The first kappa shape index (κ1) is 10.8. The minimum absolute atomic E-state index is 0. The van der Waals surface area contributed by atoms with Crippen LogP contribution >= 0.6 is 24.0 Å². The first-order chi connectivity index (χ1) is 4.86. The van der Waals surface area contributed by atoms with Crippen molar-refractivity contribution in [3.05, 3.63) is 23.8 Å². The summed E-state index contributed by atoms with van der Waals surface area (Å²) < 4.78 is 0. The van der Waals surface area contributed by atoms with Gasteiger partial charge in [0.25, 0.3) is 0 Å². The second kappa shape index (κ2) is 5.46. The van der Waals surface area contributed by atoms with Crippen LogP contribution in [-0.4, -0.2) is 9.97 Å². The van der Waals surface area contributed by atoms with Gasteiger partial charge < -0.3 is 0 Å². The summed E-state index contributed by atoms with van der Waals surface area (Å²) in [6, 6.07) is 0. The summed E-state index contributed by atoms with van der Waals surface area (Å²) in [5.41, 5.74) is 1.21. The van der Waals surface area contributed by atoms with Gasteiger partial charge in [0.15, 0.2) is 0 Å². The molecule has 0 aromatic carbocycles. The first-order valence-electron chi connectivity index (χ1n) is 3.66. The molecular formula is C8H13IN2. The number of rotatable bonds is 2. The molecule has 1 aromatic heterocycles. The monoisotopic (exact) mass is 264 g/mol. The van der Waals surface area contributed by atoms with E-state index in [-0.39, 0.29) is 24.0 Å². The van der Waals surface area contributed by atoms with E-state index in [0.29, 0.717) is 0 Å². The molecule has 1 aromatic rings. The molecule has 0 amide bonds. The number of halogens is 1. The Morgan fingerprint density at radius 2 is 1.64 bits per heavy atom. The van der Waals surface area contributed by atoms with Crippen molar-refractivity contribution in [1.29, 1.82) is 0 Å². The summed E-state index contributed by atoms with van der Waals surface area (Å²) in [4.78, 5) is 8.31. The van der Waals surface area contributed by atoms with Gasteiger partial charge in [0.05, 0.1) is 0 Å². The number of hydrogen-bond donors (Lipinski definition) is 0. The summed E-state index contributed by atoms with van der Waals surface area (Å²) in [7, 11) is 0. The van der Waals surface area contributed by atoms with E-state index in [1.807, 2.05) is 12.4 Å². The molecule has 0 atom stereocenters. The molecule has 0 N–H and O–H groups in total. The van der Waals surface area contributed by atoms with Gasteiger partial charge in [0.2, 0.25) is 0 Å². The average Bonchev–Trinajstić information content (AvgIpc) is 2.05. The molecule has 0 radical (unpaired) electrons. The van der Waals surface area contributed by atoms with Gasteiger partial charge in [-0.3, -0.25) is 0 Å². The van der Waals surface area contributed by atoms with Crippen LogP contribution in [0, 0.1) is 0 Å². The minimum Gasteiger partial charge on any atom is -0.241 e.